The second-order valence-corrected chi connectivity index (χ2v) is 6.90. The standard InChI is InChI=1S/C19H23FN4O2/c20-16-4-1-3-15(13-16)17-14-23(11-12-26-17)18(25)19(5-8-21-9-6-19)24-10-2-7-22-24/h1-4,7,10,13,17,21H,5-6,8-9,11-12,14H2. The molecular formula is C19H23FN4O2. The van der Waals surface area contributed by atoms with Crippen LogP contribution in [0.15, 0.2) is 42.7 Å². The van der Waals surface area contributed by atoms with Gasteiger partial charge in [-0.25, -0.2) is 4.39 Å². The number of carbonyl (C=O) groups excluding carboxylic acids is 1. The third-order valence-corrected chi connectivity index (χ3v) is 5.35. The molecule has 3 heterocycles. The molecule has 1 atom stereocenters. The van der Waals surface area contributed by atoms with Gasteiger partial charge in [0.2, 0.25) is 0 Å². The van der Waals surface area contributed by atoms with Crippen molar-refractivity contribution in [3.63, 3.8) is 0 Å². The number of piperidine rings is 1. The minimum absolute atomic E-state index is 0.0763. The lowest BCUT2D eigenvalue weighted by atomic mass is 9.86. The predicted molar refractivity (Wildman–Crippen MR) is 94.0 cm³/mol. The van der Waals surface area contributed by atoms with E-state index < -0.39 is 5.54 Å². The minimum Gasteiger partial charge on any atom is -0.370 e. The summed E-state index contributed by atoms with van der Waals surface area (Å²) >= 11 is 0. The Hall–Kier alpha value is -2.25. The maximum atomic E-state index is 13.6. The Morgan fingerprint density at radius 1 is 1.31 bits per heavy atom. The molecule has 1 N–H and O–H groups in total. The molecule has 2 aliphatic rings. The topological polar surface area (TPSA) is 59.4 Å². The smallest absolute Gasteiger partial charge is 0.250 e. The minimum atomic E-state index is -0.654. The van der Waals surface area contributed by atoms with Gasteiger partial charge >= 0.3 is 0 Å². The highest BCUT2D eigenvalue weighted by molar-refractivity contribution is 5.85. The average Bonchev–Trinajstić information content (AvgIpc) is 3.23. The van der Waals surface area contributed by atoms with Crippen LogP contribution in [-0.2, 0) is 15.1 Å². The largest absolute Gasteiger partial charge is 0.370 e. The molecule has 1 aromatic carbocycles. The van der Waals surface area contributed by atoms with Gasteiger partial charge in [0, 0.05) is 18.9 Å². The van der Waals surface area contributed by atoms with Gasteiger partial charge in [-0.05, 0) is 49.7 Å². The molecule has 138 valence electrons. The molecule has 2 saturated heterocycles. The van der Waals surface area contributed by atoms with E-state index in [1.807, 2.05) is 27.9 Å². The fourth-order valence-corrected chi connectivity index (χ4v) is 3.94. The zero-order valence-electron chi connectivity index (χ0n) is 14.6. The van der Waals surface area contributed by atoms with E-state index in [9.17, 15) is 9.18 Å². The van der Waals surface area contributed by atoms with E-state index in [1.165, 1.54) is 12.1 Å². The molecule has 2 aromatic rings. The number of rotatable bonds is 3. The van der Waals surface area contributed by atoms with Crippen LogP contribution in [0.1, 0.15) is 24.5 Å². The predicted octanol–water partition coefficient (Wildman–Crippen LogP) is 1.70. The first-order valence-corrected chi connectivity index (χ1v) is 9.06. The summed E-state index contributed by atoms with van der Waals surface area (Å²) < 4.78 is 21.2. The number of ether oxygens (including phenoxy) is 1. The maximum absolute atomic E-state index is 13.6. The van der Waals surface area contributed by atoms with Crippen LogP contribution in [0.5, 0.6) is 0 Å². The van der Waals surface area contributed by atoms with Crippen molar-refractivity contribution in [2.45, 2.75) is 24.5 Å². The van der Waals surface area contributed by atoms with E-state index >= 15 is 0 Å². The Morgan fingerprint density at radius 3 is 2.88 bits per heavy atom. The van der Waals surface area contributed by atoms with E-state index in [2.05, 4.69) is 10.4 Å². The molecule has 0 radical (unpaired) electrons. The number of halogens is 1. The SMILES string of the molecule is O=C(N1CCOC(c2cccc(F)c2)C1)C1(n2cccn2)CCNCC1. The molecule has 0 spiro atoms. The zero-order valence-corrected chi connectivity index (χ0v) is 14.6. The van der Waals surface area contributed by atoms with Crippen LogP contribution in [-0.4, -0.2) is 53.4 Å². The van der Waals surface area contributed by atoms with Crippen molar-refractivity contribution in [3.8, 4) is 0 Å². The van der Waals surface area contributed by atoms with Crippen LogP contribution in [0.4, 0.5) is 4.39 Å². The molecule has 0 bridgehead atoms. The third-order valence-electron chi connectivity index (χ3n) is 5.35. The van der Waals surface area contributed by atoms with Crippen LogP contribution in [0.3, 0.4) is 0 Å². The lowest BCUT2D eigenvalue weighted by molar-refractivity contribution is -0.151. The number of carbonyl (C=O) groups is 1. The Morgan fingerprint density at radius 2 is 2.15 bits per heavy atom. The fraction of sp³-hybridized carbons (Fsp3) is 0.474. The molecule has 2 fully saturated rings. The number of hydrogen-bond acceptors (Lipinski definition) is 4. The van der Waals surface area contributed by atoms with E-state index in [0.29, 0.717) is 32.5 Å². The molecule has 0 saturated carbocycles. The molecular weight excluding hydrogens is 335 g/mol. The van der Waals surface area contributed by atoms with Gasteiger partial charge in [0.1, 0.15) is 17.5 Å². The Bertz CT molecular complexity index is 759. The molecule has 6 nitrogen and oxygen atoms in total. The second kappa shape index (κ2) is 7.17. The van der Waals surface area contributed by atoms with Gasteiger partial charge in [-0.15, -0.1) is 0 Å². The van der Waals surface area contributed by atoms with Gasteiger partial charge in [0.05, 0.1) is 13.2 Å². The lowest BCUT2D eigenvalue weighted by Gasteiger charge is -2.42. The number of nitrogens with zero attached hydrogens (tertiary/aromatic N) is 3. The summed E-state index contributed by atoms with van der Waals surface area (Å²) in [6, 6.07) is 8.26. The van der Waals surface area contributed by atoms with E-state index in [-0.39, 0.29) is 17.8 Å². The summed E-state index contributed by atoms with van der Waals surface area (Å²) in [5.41, 5.74) is 0.111. The van der Waals surface area contributed by atoms with Crippen molar-refractivity contribution >= 4 is 5.91 Å². The highest BCUT2D eigenvalue weighted by atomic mass is 19.1. The summed E-state index contributed by atoms with van der Waals surface area (Å²) in [6.07, 6.45) is 4.68. The van der Waals surface area contributed by atoms with Gasteiger partial charge < -0.3 is 15.0 Å². The average molecular weight is 358 g/mol. The van der Waals surface area contributed by atoms with E-state index in [1.54, 1.807) is 12.3 Å². The quantitative estimate of drug-likeness (QED) is 0.907. The van der Waals surface area contributed by atoms with Gasteiger partial charge in [-0.1, -0.05) is 12.1 Å². The number of morpholine rings is 1. The number of amides is 1. The van der Waals surface area contributed by atoms with Gasteiger partial charge in [-0.2, -0.15) is 5.10 Å². The summed E-state index contributed by atoms with van der Waals surface area (Å²) in [6.45, 7) is 2.98. The Kier molecular flexibility index (Phi) is 4.74. The summed E-state index contributed by atoms with van der Waals surface area (Å²) in [7, 11) is 0. The van der Waals surface area contributed by atoms with Crippen molar-refractivity contribution < 1.29 is 13.9 Å². The van der Waals surface area contributed by atoms with Crippen LogP contribution in [0.25, 0.3) is 0 Å². The number of hydrogen-bond donors (Lipinski definition) is 1. The first-order valence-electron chi connectivity index (χ1n) is 9.06. The number of benzene rings is 1. The van der Waals surface area contributed by atoms with Crippen LogP contribution >= 0.6 is 0 Å². The van der Waals surface area contributed by atoms with Crippen LogP contribution < -0.4 is 5.32 Å². The van der Waals surface area contributed by atoms with E-state index in [4.69, 9.17) is 4.74 Å². The zero-order chi connectivity index (χ0) is 18.0. The highest BCUT2D eigenvalue weighted by Gasteiger charge is 2.45. The number of nitrogens with one attached hydrogen (secondary N) is 1. The van der Waals surface area contributed by atoms with E-state index in [0.717, 1.165) is 18.7 Å². The molecule has 4 rings (SSSR count). The second-order valence-electron chi connectivity index (χ2n) is 6.90. The third kappa shape index (κ3) is 3.12. The van der Waals surface area contributed by atoms with Gasteiger partial charge in [0.15, 0.2) is 0 Å². The molecule has 26 heavy (non-hydrogen) atoms. The Balaban J connectivity index is 1.58. The van der Waals surface area contributed by atoms with Crippen molar-refractivity contribution in [2.24, 2.45) is 0 Å². The van der Waals surface area contributed by atoms with Gasteiger partial charge in [-0.3, -0.25) is 9.48 Å². The van der Waals surface area contributed by atoms with Gasteiger partial charge in [0.25, 0.3) is 5.91 Å². The van der Waals surface area contributed by atoms with Crippen molar-refractivity contribution in [1.29, 1.82) is 0 Å². The van der Waals surface area contributed by atoms with Crippen molar-refractivity contribution in [3.05, 3.63) is 54.1 Å². The fourth-order valence-electron chi connectivity index (χ4n) is 3.94. The molecule has 1 aromatic heterocycles. The molecule has 7 heteroatoms. The highest BCUT2D eigenvalue weighted by Crippen LogP contribution is 2.32. The molecule has 1 unspecified atom stereocenters. The van der Waals surface area contributed by atoms with Crippen molar-refractivity contribution in [2.75, 3.05) is 32.8 Å². The van der Waals surface area contributed by atoms with Crippen molar-refractivity contribution in [1.82, 2.24) is 20.0 Å². The summed E-state index contributed by atoms with van der Waals surface area (Å²) in [5, 5.41) is 7.70. The first kappa shape index (κ1) is 17.2. The lowest BCUT2D eigenvalue weighted by Crippen LogP contribution is -2.57. The first-order chi connectivity index (χ1) is 12.7. The Labute approximate surface area is 151 Å². The maximum Gasteiger partial charge on any atom is 0.250 e. The monoisotopic (exact) mass is 358 g/mol. The normalized spacial score (nSPS) is 23.0. The molecule has 0 aliphatic carbocycles. The summed E-state index contributed by atoms with van der Waals surface area (Å²) in [4.78, 5) is 15.4. The molecule has 2 aliphatic heterocycles. The summed E-state index contributed by atoms with van der Waals surface area (Å²) in [5.74, 6) is -0.215. The van der Waals surface area contributed by atoms with Crippen LogP contribution in [0, 0.1) is 5.82 Å². The molecule has 1 amide bonds. The number of aromatic nitrogens is 2. The van der Waals surface area contributed by atoms with Crippen LogP contribution in [0.2, 0.25) is 0 Å².